The number of fused-ring (bicyclic) bond motifs is 1. The second-order valence-electron chi connectivity index (χ2n) is 5.59. The number of aryl methyl sites for hydroxylation is 1. The molecule has 0 radical (unpaired) electrons. The van der Waals surface area contributed by atoms with Crippen LogP contribution in [0.25, 0.3) is 20.7 Å². The van der Waals surface area contributed by atoms with Crippen LogP contribution in [0.3, 0.4) is 0 Å². The first-order chi connectivity index (χ1) is 11.7. The van der Waals surface area contributed by atoms with E-state index in [9.17, 15) is 0 Å². The molecule has 0 aliphatic rings. The highest BCUT2D eigenvalue weighted by atomic mass is 32.1. The monoisotopic (exact) mass is 352 g/mol. The first-order valence-electron chi connectivity index (χ1n) is 7.69. The van der Waals surface area contributed by atoms with E-state index < -0.39 is 0 Å². The summed E-state index contributed by atoms with van der Waals surface area (Å²) in [7, 11) is 0. The maximum atomic E-state index is 4.46. The minimum absolute atomic E-state index is 0.113. The van der Waals surface area contributed by atoms with E-state index in [1.807, 2.05) is 12.3 Å². The zero-order valence-corrected chi connectivity index (χ0v) is 15.0. The average molecular weight is 352 g/mol. The number of rotatable bonds is 4. The molecule has 0 fully saturated rings. The van der Waals surface area contributed by atoms with Gasteiger partial charge in [0, 0.05) is 16.0 Å². The van der Waals surface area contributed by atoms with E-state index in [1.54, 1.807) is 29.0 Å². The zero-order chi connectivity index (χ0) is 16.5. The number of thiazole rings is 1. The lowest BCUT2D eigenvalue weighted by Gasteiger charge is -2.12. The molecule has 0 spiro atoms. The molecule has 0 saturated heterocycles. The number of hydrogen-bond acceptors (Lipinski definition) is 6. The molecule has 4 nitrogen and oxygen atoms in total. The van der Waals surface area contributed by atoms with Gasteiger partial charge in [0.15, 0.2) is 0 Å². The highest BCUT2D eigenvalue weighted by molar-refractivity contribution is 7.21. The molecular weight excluding hydrogens is 336 g/mol. The summed E-state index contributed by atoms with van der Waals surface area (Å²) in [4.78, 5) is 16.7. The normalized spacial score (nSPS) is 12.4. The predicted octanol–water partition coefficient (Wildman–Crippen LogP) is 5.30. The van der Waals surface area contributed by atoms with Crippen molar-refractivity contribution in [2.45, 2.75) is 19.9 Å². The minimum atomic E-state index is 0.113. The molecule has 4 aromatic rings. The first-order valence-corrected chi connectivity index (χ1v) is 9.33. The van der Waals surface area contributed by atoms with Crippen LogP contribution in [0.4, 0.5) is 5.82 Å². The molecule has 4 rings (SSSR count). The Morgan fingerprint density at radius 2 is 1.88 bits per heavy atom. The number of nitrogens with one attached hydrogen (secondary N) is 1. The van der Waals surface area contributed by atoms with Crippen LogP contribution in [-0.4, -0.2) is 15.0 Å². The van der Waals surface area contributed by atoms with Gasteiger partial charge in [0.1, 0.15) is 22.0 Å². The van der Waals surface area contributed by atoms with E-state index in [0.717, 1.165) is 21.0 Å². The van der Waals surface area contributed by atoms with Crippen molar-refractivity contribution < 1.29 is 0 Å². The molecule has 3 aromatic heterocycles. The topological polar surface area (TPSA) is 50.7 Å². The fraction of sp³-hybridized carbons (Fsp3) is 0.167. The van der Waals surface area contributed by atoms with Crippen LogP contribution in [0.15, 0.2) is 48.9 Å². The van der Waals surface area contributed by atoms with Crippen molar-refractivity contribution in [1.82, 2.24) is 15.0 Å². The highest BCUT2D eigenvalue weighted by Gasteiger charge is 2.14. The Bertz CT molecular complexity index is 975. The molecule has 1 aromatic carbocycles. The maximum absolute atomic E-state index is 4.46. The summed E-state index contributed by atoms with van der Waals surface area (Å²) >= 11 is 3.40. The number of thiophene rings is 1. The van der Waals surface area contributed by atoms with Crippen LogP contribution in [0.5, 0.6) is 0 Å². The van der Waals surface area contributed by atoms with Crippen LogP contribution in [-0.2, 0) is 0 Å². The number of benzene rings is 1. The van der Waals surface area contributed by atoms with Gasteiger partial charge >= 0.3 is 0 Å². The van der Waals surface area contributed by atoms with E-state index >= 15 is 0 Å². The standard InChI is InChI=1S/C18H16N4S2/c1-11-9-19-17(23-11)12(2)22-16-14-8-15(13-6-4-3-5-7-13)24-18(14)21-10-20-16/h3-10,12H,1-2H3,(H,20,21,22). The Labute approximate surface area is 148 Å². The van der Waals surface area contributed by atoms with Crippen molar-refractivity contribution in [2.24, 2.45) is 0 Å². The molecule has 0 bridgehead atoms. The molecule has 1 unspecified atom stereocenters. The van der Waals surface area contributed by atoms with Gasteiger partial charge in [0.25, 0.3) is 0 Å². The van der Waals surface area contributed by atoms with Gasteiger partial charge in [0.05, 0.1) is 11.4 Å². The van der Waals surface area contributed by atoms with Gasteiger partial charge in [-0.2, -0.15) is 0 Å². The van der Waals surface area contributed by atoms with Gasteiger partial charge in [0.2, 0.25) is 0 Å². The lowest BCUT2D eigenvalue weighted by atomic mass is 10.2. The summed E-state index contributed by atoms with van der Waals surface area (Å²) in [5, 5.41) is 5.61. The van der Waals surface area contributed by atoms with Crippen LogP contribution >= 0.6 is 22.7 Å². The smallest absolute Gasteiger partial charge is 0.138 e. The SMILES string of the molecule is Cc1cnc(C(C)Nc2ncnc3sc(-c4ccccc4)cc23)s1. The number of anilines is 1. The van der Waals surface area contributed by atoms with E-state index in [-0.39, 0.29) is 6.04 Å². The van der Waals surface area contributed by atoms with E-state index in [2.05, 4.69) is 64.4 Å². The third-order valence-electron chi connectivity index (χ3n) is 3.75. The van der Waals surface area contributed by atoms with Crippen LogP contribution < -0.4 is 5.32 Å². The third kappa shape index (κ3) is 2.90. The van der Waals surface area contributed by atoms with Crippen LogP contribution in [0.2, 0.25) is 0 Å². The third-order valence-corrected chi connectivity index (χ3v) is 5.94. The largest absolute Gasteiger partial charge is 0.360 e. The molecule has 3 heterocycles. The molecule has 1 N–H and O–H groups in total. The Morgan fingerprint density at radius 1 is 1.04 bits per heavy atom. The van der Waals surface area contributed by atoms with E-state index in [1.165, 1.54) is 15.3 Å². The van der Waals surface area contributed by atoms with Crippen LogP contribution in [0, 0.1) is 6.92 Å². The van der Waals surface area contributed by atoms with Gasteiger partial charge in [-0.1, -0.05) is 30.3 Å². The Kier molecular flexibility index (Phi) is 4.00. The van der Waals surface area contributed by atoms with Crippen molar-refractivity contribution in [3.05, 3.63) is 58.8 Å². The van der Waals surface area contributed by atoms with E-state index in [0.29, 0.717) is 0 Å². The van der Waals surface area contributed by atoms with Crippen molar-refractivity contribution in [2.75, 3.05) is 5.32 Å². The second-order valence-corrected chi connectivity index (χ2v) is 7.89. The molecule has 0 saturated carbocycles. The van der Waals surface area contributed by atoms with Gasteiger partial charge < -0.3 is 5.32 Å². The molecular formula is C18H16N4S2. The summed E-state index contributed by atoms with van der Waals surface area (Å²) in [5.74, 6) is 0.860. The molecule has 0 aliphatic carbocycles. The lowest BCUT2D eigenvalue weighted by Crippen LogP contribution is -2.07. The molecule has 6 heteroatoms. The molecule has 24 heavy (non-hydrogen) atoms. The molecule has 0 amide bonds. The number of hydrogen-bond donors (Lipinski definition) is 1. The highest BCUT2D eigenvalue weighted by Crippen LogP contribution is 2.35. The van der Waals surface area contributed by atoms with E-state index in [4.69, 9.17) is 0 Å². The van der Waals surface area contributed by atoms with Crippen molar-refractivity contribution >= 4 is 38.7 Å². The molecule has 1 atom stereocenters. The fourth-order valence-electron chi connectivity index (χ4n) is 2.55. The average Bonchev–Trinajstić information content (AvgIpc) is 3.22. The summed E-state index contributed by atoms with van der Waals surface area (Å²) in [6, 6.07) is 12.6. The summed E-state index contributed by atoms with van der Waals surface area (Å²) in [5.41, 5.74) is 1.20. The minimum Gasteiger partial charge on any atom is -0.360 e. The Hall–Kier alpha value is -2.31. The van der Waals surface area contributed by atoms with Crippen molar-refractivity contribution in [3.63, 3.8) is 0 Å². The fourth-order valence-corrected chi connectivity index (χ4v) is 4.34. The Balaban J connectivity index is 1.70. The molecule has 0 aliphatic heterocycles. The van der Waals surface area contributed by atoms with Gasteiger partial charge in [-0.05, 0) is 25.5 Å². The molecule has 120 valence electrons. The van der Waals surface area contributed by atoms with Gasteiger partial charge in [-0.25, -0.2) is 15.0 Å². The number of aromatic nitrogens is 3. The van der Waals surface area contributed by atoms with Gasteiger partial charge in [-0.15, -0.1) is 22.7 Å². The summed E-state index contributed by atoms with van der Waals surface area (Å²) < 4.78 is 0. The maximum Gasteiger partial charge on any atom is 0.138 e. The zero-order valence-electron chi connectivity index (χ0n) is 13.4. The van der Waals surface area contributed by atoms with Crippen LogP contribution in [0.1, 0.15) is 22.9 Å². The Morgan fingerprint density at radius 3 is 2.62 bits per heavy atom. The first kappa shape index (κ1) is 15.2. The number of nitrogens with zero attached hydrogens (tertiary/aromatic N) is 3. The van der Waals surface area contributed by atoms with Crippen molar-refractivity contribution in [1.29, 1.82) is 0 Å². The van der Waals surface area contributed by atoms with Gasteiger partial charge in [-0.3, -0.25) is 0 Å². The summed E-state index contributed by atoms with van der Waals surface area (Å²) in [6.45, 7) is 4.18. The predicted molar refractivity (Wildman–Crippen MR) is 102 cm³/mol. The van der Waals surface area contributed by atoms with Crippen molar-refractivity contribution in [3.8, 4) is 10.4 Å². The lowest BCUT2D eigenvalue weighted by molar-refractivity contribution is 0.862. The summed E-state index contributed by atoms with van der Waals surface area (Å²) in [6.07, 6.45) is 3.53. The quantitative estimate of drug-likeness (QED) is 0.542. The second kappa shape index (κ2) is 6.30.